The van der Waals surface area contributed by atoms with Crippen molar-refractivity contribution in [3.63, 3.8) is 0 Å². The summed E-state index contributed by atoms with van der Waals surface area (Å²) in [5, 5.41) is 27.6. The van der Waals surface area contributed by atoms with Gasteiger partial charge in [0.1, 0.15) is 18.7 Å². The molecule has 7 N–H and O–H groups in total. The lowest BCUT2D eigenvalue weighted by atomic mass is 9.98. The molecule has 228 valence electrons. The van der Waals surface area contributed by atoms with E-state index in [0.717, 1.165) is 11.1 Å². The number of nitrogens with one attached hydrogen (secondary N) is 3. The minimum atomic E-state index is -1.39. The fourth-order valence-electron chi connectivity index (χ4n) is 3.98. The molecule has 12 nitrogen and oxygen atoms in total. The maximum absolute atomic E-state index is 12.9. The van der Waals surface area contributed by atoms with Gasteiger partial charge in [-0.15, -0.1) is 0 Å². The summed E-state index contributed by atoms with van der Waals surface area (Å²) in [5.74, 6) is -2.93. The number of nitrogens with two attached hydrogens (primary N) is 1. The number of benzene rings is 2. The predicted molar refractivity (Wildman–Crippen MR) is 157 cm³/mol. The Morgan fingerprint density at radius 1 is 0.881 bits per heavy atom. The first-order valence-electron chi connectivity index (χ1n) is 13.4. The minimum absolute atomic E-state index is 0.00488. The van der Waals surface area contributed by atoms with Crippen molar-refractivity contribution in [3.05, 3.63) is 71.8 Å². The molecule has 0 unspecified atom stereocenters. The maximum Gasteiger partial charge on any atom is 0.407 e. The van der Waals surface area contributed by atoms with Gasteiger partial charge in [0.05, 0.1) is 18.6 Å². The van der Waals surface area contributed by atoms with Crippen LogP contribution in [0.2, 0.25) is 0 Å². The molecule has 2 aromatic carbocycles. The number of carbonyl (C=O) groups is 5. The third kappa shape index (κ3) is 13.0. The summed E-state index contributed by atoms with van der Waals surface area (Å²) in [6.07, 6.45) is -1.13. The highest BCUT2D eigenvalue weighted by Gasteiger charge is 2.29. The van der Waals surface area contributed by atoms with Crippen LogP contribution in [0.4, 0.5) is 4.79 Å². The number of carboxylic acid groups (broad SMARTS) is 1. The van der Waals surface area contributed by atoms with Crippen molar-refractivity contribution < 1.29 is 38.9 Å². The molecule has 2 rings (SSSR count). The quantitative estimate of drug-likeness (QED) is 0.146. The summed E-state index contributed by atoms with van der Waals surface area (Å²) in [5.41, 5.74) is 6.94. The zero-order chi connectivity index (χ0) is 30.9. The smallest absolute Gasteiger partial charge is 0.407 e. The molecule has 42 heavy (non-hydrogen) atoms. The van der Waals surface area contributed by atoms with E-state index >= 15 is 0 Å². The molecule has 4 atom stereocenters. The molecule has 0 spiro atoms. The third-order valence-corrected chi connectivity index (χ3v) is 6.89. The molecule has 4 amide bonds. The van der Waals surface area contributed by atoms with Gasteiger partial charge in [0.15, 0.2) is 0 Å². The summed E-state index contributed by atoms with van der Waals surface area (Å²) >= 11 is 1.45. The van der Waals surface area contributed by atoms with Crippen molar-refractivity contribution in [2.24, 2.45) is 5.73 Å². The first kappa shape index (κ1) is 34.1. The van der Waals surface area contributed by atoms with Gasteiger partial charge in [-0.25, -0.2) is 4.79 Å². The highest BCUT2D eigenvalue weighted by molar-refractivity contribution is 7.98. The molecule has 0 fully saturated rings. The van der Waals surface area contributed by atoms with Crippen molar-refractivity contribution in [1.82, 2.24) is 16.0 Å². The van der Waals surface area contributed by atoms with Gasteiger partial charge in [0, 0.05) is 6.42 Å². The van der Waals surface area contributed by atoms with Gasteiger partial charge in [-0.3, -0.25) is 19.2 Å². The molecule has 2 aromatic rings. The number of aliphatic hydroxyl groups excluding tert-OH is 1. The number of thioether (sulfide) groups is 1. The number of aliphatic hydroxyl groups is 1. The Morgan fingerprint density at radius 2 is 1.50 bits per heavy atom. The van der Waals surface area contributed by atoms with Crippen LogP contribution in [0.5, 0.6) is 0 Å². The van der Waals surface area contributed by atoms with Crippen LogP contribution in [0.1, 0.15) is 36.8 Å². The molecule has 0 aliphatic heterocycles. The second kappa shape index (κ2) is 18.4. The van der Waals surface area contributed by atoms with Crippen LogP contribution in [0.15, 0.2) is 60.7 Å². The van der Waals surface area contributed by atoms with Crippen LogP contribution in [0.25, 0.3) is 0 Å². The standard InChI is InChI=1S/C29H38N4O8S/c1-42-15-14-21(27(30)38)32-28(39)22(12-13-26(36)37)31-25(35)17-24(34)23(16-19-8-4-2-5-9-19)33-29(40)41-18-20-10-6-3-7-11-20/h2-11,21-24,34H,12-18H2,1H3,(H2,30,38)(H,31,35)(H,32,39)(H,33,40)(H,36,37)/t21-,22-,23-,24-/m0/s1. The van der Waals surface area contributed by atoms with Gasteiger partial charge < -0.3 is 36.6 Å². The third-order valence-electron chi connectivity index (χ3n) is 6.24. The SMILES string of the molecule is CSCC[C@H](NC(=O)[C@H](CCC(=O)O)NC(=O)C[C@H](O)[C@H](Cc1ccccc1)NC(=O)OCc1ccccc1)C(N)=O. The minimum Gasteiger partial charge on any atom is -0.481 e. The number of hydrogen-bond donors (Lipinski definition) is 6. The molecule has 0 heterocycles. The van der Waals surface area contributed by atoms with Crippen molar-refractivity contribution in [2.75, 3.05) is 12.0 Å². The lowest BCUT2D eigenvalue weighted by Crippen LogP contribution is -2.54. The summed E-state index contributed by atoms with van der Waals surface area (Å²) in [7, 11) is 0. The van der Waals surface area contributed by atoms with E-state index < -0.39 is 66.9 Å². The monoisotopic (exact) mass is 602 g/mol. The van der Waals surface area contributed by atoms with Crippen LogP contribution in [-0.4, -0.2) is 76.2 Å². The van der Waals surface area contributed by atoms with Gasteiger partial charge in [0.25, 0.3) is 0 Å². The van der Waals surface area contributed by atoms with Crippen LogP contribution in [0, 0.1) is 0 Å². The van der Waals surface area contributed by atoms with Crippen LogP contribution >= 0.6 is 11.8 Å². The maximum atomic E-state index is 12.9. The van der Waals surface area contributed by atoms with E-state index in [2.05, 4.69) is 16.0 Å². The number of carbonyl (C=O) groups excluding carboxylic acids is 4. The Kier molecular flexibility index (Phi) is 14.9. The predicted octanol–water partition coefficient (Wildman–Crippen LogP) is 1.35. The first-order chi connectivity index (χ1) is 20.1. The highest BCUT2D eigenvalue weighted by Crippen LogP contribution is 2.11. The van der Waals surface area contributed by atoms with Gasteiger partial charge in [-0.2, -0.15) is 11.8 Å². The molecule has 0 aliphatic carbocycles. The van der Waals surface area contributed by atoms with E-state index in [0.29, 0.717) is 5.75 Å². The Morgan fingerprint density at radius 3 is 2.07 bits per heavy atom. The molecule has 0 aliphatic rings. The number of primary amides is 1. The van der Waals surface area contributed by atoms with Crippen LogP contribution in [0.3, 0.4) is 0 Å². The molecule has 0 aromatic heterocycles. The van der Waals surface area contributed by atoms with Gasteiger partial charge in [-0.1, -0.05) is 60.7 Å². The number of ether oxygens (including phenoxy) is 1. The van der Waals surface area contributed by atoms with Crippen LogP contribution in [-0.2, 0) is 36.9 Å². The Labute approximate surface area is 248 Å². The molecule has 13 heteroatoms. The zero-order valence-corrected chi connectivity index (χ0v) is 24.2. The van der Waals surface area contributed by atoms with Crippen LogP contribution < -0.4 is 21.7 Å². The van der Waals surface area contributed by atoms with Crippen molar-refractivity contribution in [3.8, 4) is 0 Å². The van der Waals surface area contributed by atoms with Crippen molar-refractivity contribution in [2.45, 2.75) is 62.9 Å². The summed E-state index contributed by atoms with van der Waals surface area (Å²) in [6.45, 7) is 0.00488. The average molecular weight is 603 g/mol. The molecular formula is C29H38N4O8S. The number of alkyl carbamates (subject to hydrolysis) is 1. The van der Waals surface area contributed by atoms with E-state index in [9.17, 15) is 29.1 Å². The molecule has 0 saturated heterocycles. The molecular weight excluding hydrogens is 564 g/mol. The average Bonchev–Trinajstić information content (AvgIpc) is 2.96. The van der Waals surface area contributed by atoms with Gasteiger partial charge in [-0.05, 0) is 42.4 Å². The Bertz CT molecular complexity index is 1170. The van der Waals surface area contributed by atoms with Crippen molar-refractivity contribution in [1.29, 1.82) is 0 Å². The normalized spacial score (nSPS) is 13.6. The fraction of sp³-hybridized carbons (Fsp3) is 0.414. The van der Waals surface area contributed by atoms with E-state index in [1.54, 1.807) is 48.5 Å². The Balaban J connectivity index is 2.09. The number of amides is 4. The van der Waals surface area contributed by atoms with Gasteiger partial charge in [0.2, 0.25) is 17.7 Å². The van der Waals surface area contributed by atoms with E-state index in [-0.39, 0.29) is 25.9 Å². The summed E-state index contributed by atoms with van der Waals surface area (Å²) < 4.78 is 5.28. The van der Waals surface area contributed by atoms with E-state index in [1.165, 1.54) is 11.8 Å². The second-order valence-electron chi connectivity index (χ2n) is 9.57. The Hall–Kier alpha value is -4.10. The molecule has 0 bridgehead atoms. The number of hydrogen-bond acceptors (Lipinski definition) is 8. The number of aliphatic carboxylic acids is 1. The van der Waals surface area contributed by atoms with Crippen molar-refractivity contribution >= 4 is 41.5 Å². The highest BCUT2D eigenvalue weighted by atomic mass is 32.2. The number of rotatable bonds is 18. The first-order valence-corrected chi connectivity index (χ1v) is 14.8. The summed E-state index contributed by atoms with van der Waals surface area (Å²) in [4.78, 5) is 61.3. The lowest BCUT2D eigenvalue weighted by Gasteiger charge is -2.25. The van der Waals surface area contributed by atoms with E-state index in [4.69, 9.17) is 15.6 Å². The largest absolute Gasteiger partial charge is 0.481 e. The molecule has 0 radical (unpaired) electrons. The topological polar surface area (TPSA) is 197 Å². The number of carboxylic acids is 1. The second-order valence-corrected chi connectivity index (χ2v) is 10.6. The lowest BCUT2D eigenvalue weighted by molar-refractivity contribution is -0.138. The van der Waals surface area contributed by atoms with Gasteiger partial charge >= 0.3 is 12.1 Å². The molecule has 0 saturated carbocycles. The summed E-state index contributed by atoms with van der Waals surface area (Å²) in [6, 6.07) is 14.8. The van der Waals surface area contributed by atoms with E-state index in [1.807, 2.05) is 18.4 Å². The zero-order valence-electron chi connectivity index (χ0n) is 23.4. The fourth-order valence-corrected chi connectivity index (χ4v) is 4.45.